The molecule has 1 fully saturated rings. The van der Waals surface area contributed by atoms with E-state index in [1.807, 2.05) is 12.0 Å². The van der Waals surface area contributed by atoms with E-state index in [1.54, 1.807) is 0 Å². The standard InChI is InChI=1S/C15H17ClN4O5S/c1-20-5-4-10(8-20)25-12-6-9(2-3-11(12)16)19-26(23,24)13-7-17-15(22)18-14(13)21/h2-3,6-7,10,19H,4-5,8H2,1H3,(H2,17,18,21,22)/t10-/m1/s1. The van der Waals surface area contributed by atoms with Crippen LogP contribution < -0.4 is 20.7 Å². The van der Waals surface area contributed by atoms with Crippen LogP contribution in [-0.2, 0) is 10.0 Å². The summed E-state index contributed by atoms with van der Waals surface area (Å²) < 4.78 is 32.9. The first-order valence-corrected chi connectivity index (χ1v) is 9.60. The van der Waals surface area contributed by atoms with Crippen molar-refractivity contribution in [2.75, 3.05) is 24.9 Å². The zero-order chi connectivity index (χ0) is 18.9. The highest BCUT2D eigenvalue weighted by Crippen LogP contribution is 2.30. The van der Waals surface area contributed by atoms with Crippen molar-refractivity contribution < 1.29 is 13.2 Å². The van der Waals surface area contributed by atoms with Gasteiger partial charge in [-0.15, -0.1) is 0 Å². The Balaban J connectivity index is 1.84. The predicted octanol–water partition coefficient (Wildman–Crippen LogP) is 0.600. The highest BCUT2D eigenvalue weighted by atomic mass is 35.5. The summed E-state index contributed by atoms with van der Waals surface area (Å²) in [5.41, 5.74) is -1.63. The van der Waals surface area contributed by atoms with Crippen molar-refractivity contribution in [3.8, 4) is 5.75 Å². The molecule has 0 bridgehead atoms. The molecule has 1 aromatic heterocycles. The second kappa shape index (κ2) is 7.14. The van der Waals surface area contributed by atoms with Gasteiger partial charge in [0.05, 0.1) is 10.7 Å². The summed E-state index contributed by atoms with van der Waals surface area (Å²) in [6, 6.07) is 4.41. The lowest BCUT2D eigenvalue weighted by molar-refractivity contribution is 0.208. The van der Waals surface area contributed by atoms with Gasteiger partial charge in [0.15, 0.2) is 4.90 Å². The van der Waals surface area contributed by atoms with Crippen LogP contribution in [0.1, 0.15) is 6.42 Å². The highest BCUT2D eigenvalue weighted by molar-refractivity contribution is 7.92. The topological polar surface area (TPSA) is 124 Å². The SMILES string of the molecule is CN1CC[C@@H](Oc2cc(NS(=O)(=O)c3c[nH]c(=O)[nH]c3=O)ccc2Cl)C1. The van der Waals surface area contributed by atoms with Crippen LogP contribution >= 0.6 is 11.6 Å². The fraction of sp³-hybridized carbons (Fsp3) is 0.333. The van der Waals surface area contributed by atoms with Crippen molar-refractivity contribution in [3.05, 3.63) is 50.3 Å². The number of H-pyrrole nitrogens is 2. The first-order chi connectivity index (χ1) is 12.2. The molecule has 0 spiro atoms. The number of likely N-dealkylation sites (tertiary alicyclic amines) is 1. The Kier molecular flexibility index (Phi) is 5.08. The van der Waals surface area contributed by atoms with Gasteiger partial charge in [0.2, 0.25) is 0 Å². The van der Waals surface area contributed by atoms with E-state index < -0.39 is 26.2 Å². The lowest BCUT2D eigenvalue weighted by Gasteiger charge is -2.16. The number of sulfonamides is 1. The Hall–Kier alpha value is -2.30. The summed E-state index contributed by atoms with van der Waals surface area (Å²) in [5.74, 6) is 0.350. The van der Waals surface area contributed by atoms with Crippen molar-refractivity contribution >= 4 is 27.3 Å². The summed E-state index contributed by atoms with van der Waals surface area (Å²) in [7, 11) is -2.21. The van der Waals surface area contributed by atoms with E-state index >= 15 is 0 Å². The van der Waals surface area contributed by atoms with Crippen molar-refractivity contribution in [3.63, 3.8) is 0 Å². The molecule has 0 amide bonds. The molecule has 0 aliphatic carbocycles. The molecule has 0 saturated carbocycles. The Labute approximate surface area is 154 Å². The quantitative estimate of drug-likeness (QED) is 0.675. The Morgan fingerprint density at radius 3 is 2.77 bits per heavy atom. The monoisotopic (exact) mass is 400 g/mol. The minimum Gasteiger partial charge on any atom is -0.487 e. The molecule has 1 aromatic carbocycles. The maximum atomic E-state index is 12.4. The van der Waals surface area contributed by atoms with Crippen molar-refractivity contribution in [1.29, 1.82) is 0 Å². The predicted molar refractivity (Wildman–Crippen MR) is 96.5 cm³/mol. The van der Waals surface area contributed by atoms with Crippen molar-refractivity contribution in [2.45, 2.75) is 17.4 Å². The summed E-state index contributed by atoms with van der Waals surface area (Å²) in [4.78, 5) is 28.3. The zero-order valence-electron chi connectivity index (χ0n) is 13.8. The van der Waals surface area contributed by atoms with Gasteiger partial charge in [0, 0.05) is 25.4 Å². The number of hydrogen-bond donors (Lipinski definition) is 3. The van der Waals surface area contributed by atoms with Gasteiger partial charge in [-0.25, -0.2) is 13.2 Å². The largest absolute Gasteiger partial charge is 0.487 e. The molecule has 1 aliphatic heterocycles. The number of likely N-dealkylation sites (N-methyl/N-ethyl adjacent to an activating group) is 1. The molecule has 0 unspecified atom stereocenters. The first-order valence-electron chi connectivity index (χ1n) is 7.74. The van der Waals surface area contributed by atoms with E-state index in [0.717, 1.165) is 25.7 Å². The third-order valence-corrected chi connectivity index (χ3v) is 5.60. The molecule has 26 heavy (non-hydrogen) atoms. The third kappa shape index (κ3) is 4.09. The zero-order valence-corrected chi connectivity index (χ0v) is 15.4. The fourth-order valence-corrected chi connectivity index (χ4v) is 3.85. The average molecular weight is 401 g/mol. The van der Waals surface area contributed by atoms with Crippen LogP contribution in [0.2, 0.25) is 5.02 Å². The normalized spacial score (nSPS) is 18.0. The number of nitrogens with zero attached hydrogens (tertiary/aromatic N) is 1. The molecule has 11 heteroatoms. The molecule has 140 valence electrons. The molecule has 3 rings (SSSR count). The molecule has 1 atom stereocenters. The van der Waals surface area contributed by atoms with Gasteiger partial charge >= 0.3 is 5.69 Å². The summed E-state index contributed by atoms with van der Waals surface area (Å²) in [6.07, 6.45) is 1.65. The molecular weight excluding hydrogens is 384 g/mol. The number of anilines is 1. The highest BCUT2D eigenvalue weighted by Gasteiger charge is 2.23. The molecule has 1 saturated heterocycles. The van der Waals surface area contributed by atoms with Gasteiger partial charge in [-0.3, -0.25) is 14.5 Å². The number of nitrogens with one attached hydrogen (secondary N) is 3. The van der Waals surface area contributed by atoms with Crippen LogP contribution in [0.15, 0.2) is 38.9 Å². The molecular formula is C15H17ClN4O5S. The van der Waals surface area contributed by atoms with Gasteiger partial charge in [0.25, 0.3) is 15.6 Å². The second-order valence-electron chi connectivity index (χ2n) is 5.98. The fourth-order valence-electron chi connectivity index (χ4n) is 2.63. The maximum absolute atomic E-state index is 12.4. The summed E-state index contributed by atoms with van der Waals surface area (Å²) in [6.45, 7) is 1.66. The summed E-state index contributed by atoms with van der Waals surface area (Å²) in [5, 5.41) is 0.351. The van der Waals surface area contributed by atoms with Crippen LogP contribution in [0.4, 0.5) is 5.69 Å². The molecule has 1 aliphatic rings. The van der Waals surface area contributed by atoms with Crippen molar-refractivity contribution in [1.82, 2.24) is 14.9 Å². The number of benzene rings is 1. The maximum Gasteiger partial charge on any atom is 0.325 e. The number of hydrogen-bond acceptors (Lipinski definition) is 6. The Morgan fingerprint density at radius 1 is 1.35 bits per heavy atom. The van der Waals surface area contributed by atoms with Gasteiger partial charge in [-0.2, -0.15) is 0 Å². The van der Waals surface area contributed by atoms with E-state index in [2.05, 4.69) is 14.6 Å². The van der Waals surface area contributed by atoms with Gasteiger partial charge in [-0.1, -0.05) is 11.6 Å². The second-order valence-corrected chi connectivity index (χ2v) is 8.04. The lowest BCUT2D eigenvalue weighted by Crippen LogP contribution is -2.29. The minimum atomic E-state index is -4.20. The van der Waals surface area contributed by atoms with Gasteiger partial charge < -0.3 is 14.6 Å². The Morgan fingerprint density at radius 2 is 2.12 bits per heavy atom. The summed E-state index contributed by atoms with van der Waals surface area (Å²) >= 11 is 6.13. The number of rotatable bonds is 5. The van der Waals surface area contributed by atoms with Gasteiger partial charge in [0.1, 0.15) is 11.9 Å². The number of aromatic nitrogens is 2. The molecule has 3 N–H and O–H groups in total. The van der Waals surface area contributed by atoms with E-state index in [4.69, 9.17) is 16.3 Å². The number of aromatic amines is 2. The molecule has 2 heterocycles. The first kappa shape index (κ1) is 18.5. The molecule has 2 aromatic rings. The minimum absolute atomic E-state index is 0.0357. The van der Waals surface area contributed by atoms with Crippen molar-refractivity contribution in [2.24, 2.45) is 0 Å². The molecule has 9 nitrogen and oxygen atoms in total. The van der Waals surface area contributed by atoms with E-state index in [0.29, 0.717) is 10.8 Å². The van der Waals surface area contributed by atoms with Crippen LogP contribution in [-0.4, -0.2) is 49.5 Å². The van der Waals surface area contributed by atoms with Gasteiger partial charge in [-0.05, 0) is 25.6 Å². The number of ether oxygens (including phenoxy) is 1. The lowest BCUT2D eigenvalue weighted by atomic mass is 10.3. The number of halogens is 1. The van der Waals surface area contributed by atoms with Crippen LogP contribution in [0, 0.1) is 0 Å². The van der Waals surface area contributed by atoms with Crippen LogP contribution in [0.5, 0.6) is 5.75 Å². The van der Waals surface area contributed by atoms with E-state index in [9.17, 15) is 18.0 Å². The smallest absolute Gasteiger partial charge is 0.325 e. The Bertz CT molecular complexity index is 1030. The van der Waals surface area contributed by atoms with E-state index in [-0.39, 0.29) is 11.8 Å². The van der Waals surface area contributed by atoms with E-state index in [1.165, 1.54) is 18.2 Å². The van der Waals surface area contributed by atoms with Crippen LogP contribution in [0.3, 0.4) is 0 Å². The molecule has 0 radical (unpaired) electrons. The average Bonchev–Trinajstić information content (AvgIpc) is 2.95. The third-order valence-electron chi connectivity index (χ3n) is 3.90. The van der Waals surface area contributed by atoms with Crippen LogP contribution in [0.25, 0.3) is 0 Å².